The van der Waals surface area contributed by atoms with Crippen molar-refractivity contribution in [2.24, 2.45) is 0 Å². The summed E-state index contributed by atoms with van der Waals surface area (Å²) < 4.78 is 16.4. The van der Waals surface area contributed by atoms with E-state index in [0.29, 0.717) is 5.56 Å². The summed E-state index contributed by atoms with van der Waals surface area (Å²) in [5.41, 5.74) is 8.09. The molecule has 0 amide bonds. The second-order valence-electron chi connectivity index (χ2n) is 8.90. The quantitative estimate of drug-likeness (QED) is 0.292. The van der Waals surface area contributed by atoms with Crippen molar-refractivity contribution in [2.45, 2.75) is 25.8 Å². The highest BCUT2D eigenvalue weighted by atomic mass is 32.1. The lowest BCUT2D eigenvalue weighted by Gasteiger charge is -2.26. The third-order valence-electron chi connectivity index (χ3n) is 6.55. The monoisotopic (exact) mass is 468 g/mol. The molecule has 0 unspecified atom stereocenters. The van der Waals surface area contributed by atoms with Gasteiger partial charge in [0.1, 0.15) is 5.82 Å². The van der Waals surface area contributed by atoms with Crippen LogP contribution >= 0.6 is 11.3 Å². The van der Waals surface area contributed by atoms with Crippen LogP contribution in [-0.2, 0) is 6.54 Å². The molecule has 6 rings (SSSR count). The van der Waals surface area contributed by atoms with Gasteiger partial charge in [0.25, 0.3) is 0 Å². The molecule has 6 heteroatoms. The van der Waals surface area contributed by atoms with Crippen LogP contribution < -0.4 is 5.32 Å². The maximum atomic E-state index is 15.2. The topological polar surface area (TPSA) is 41.1 Å². The normalized spacial score (nSPS) is 14.6. The average Bonchev–Trinajstić information content (AvgIpc) is 3.33. The van der Waals surface area contributed by atoms with E-state index in [1.165, 1.54) is 19.3 Å². The number of benzene rings is 3. The van der Waals surface area contributed by atoms with Gasteiger partial charge in [0.2, 0.25) is 0 Å². The first-order chi connectivity index (χ1) is 16.7. The van der Waals surface area contributed by atoms with Gasteiger partial charge >= 0.3 is 0 Å². The molecule has 0 saturated carbocycles. The zero-order valence-electron chi connectivity index (χ0n) is 18.8. The van der Waals surface area contributed by atoms with E-state index >= 15 is 4.39 Å². The van der Waals surface area contributed by atoms with E-state index in [2.05, 4.69) is 38.4 Å². The molecule has 1 aliphatic heterocycles. The number of thiazole rings is 1. The van der Waals surface area contributed by atoms with Gasteiger partial charge in [-0.05, 0) is 79.5 Å². The fraction of sp³-hybridized carbons (Fsp3) is 0.214. The number of rotatable bonds is 5. The van der Waals surface area contributed by atoms with Crippen LogP contribution in [0.2, 0.25) is 0 Å². The number of halogens is 1. The number of nitrogens with zero attached hydrogens (tertiary/aromatic N) is 3. The maximum Gasteiger partial charge on any atom is 0.131 e. The Bertz CT molecular complexity index is 1470. The fourth-order valence-electron chi connectivity index (χ4n) is 4.78. The predicted octanol–water partition coefficient (Wildman–Crippen LogP) is 7.38. The summed E-state index contributed by atoms with van der Waals surface area (Å²) in [6, 6.07) is 19.7. The van der Waals surface area contributed by atoms with Gasteiger partial charge < -0.3 is 5.32 Å². The van der Waals surface area contributed by atoms with E-state index in [1.54, 1.807) is 23.6 Å². The molecular weight excluding hydrogens is 443 g/mol. The lowest BCUT2D eigenvalue weighted by atomic mass is 10.00. The van der Waals surface area contributed by atoms with E-state index in [-0.39, 0.29) is 5.82 Å². The highest BCUT2D eigenvalue weighted by Gasteiger charge is 2.13. The van der Waals surface area contributed by atoms with Gasteiger partial charge in [-0.3, -0.25) is 9.88 Å². The second-order valence-corrected chi connectivity index (χ2v) is 9.79. The van der Waals surface area contributed by atoms with Crippen LogP contribution in [0.4, 0.5) is 15.8 Å². The molecule has 0 aliphatic carbocycles. The number of fused-ring (bicyclic) bond motifs is 2. The summed E-state index contributed by atoms with van der Waals surface area (Å²) >= 11 is 1.63. The standard InChI is InChI=1S/C28H25FN4S/c29-24-14-19(17-33-12-2-1-3-13-33)4-7-22(24)20-5-8-25-23(15-20)26(10-11-30-25)32-21-6-9-28-27(16-21)31-18-34-28/h4-11,14-16,18H,1-3,12-13,17H2,(H,30,32). The van der Waals surface area contributed by atoms with Crippen LogP contribution in [0.25, 0.3) is 32.2 Å². The predicted molar refractivity (Wildman–Crippen MR) is 139 cm³/mol. The highest BCUT2D eigenvalue weighted by Crippen LogP contribution is 2.32. The van der Waals surface area contributed by atoms with Crippen molar-refractivity contribution in [1.82, 2.24) is 14.9 Å². The molecule has 2 aromatic heterocycles. The van der Waals surface area contributed by atoms with E-state index in [4.69, 9.17) is 0 Å². The van der Waals surface area contributed by atoms with Crippen molar-refractivity contribution >= 4 is 43.8 Å². The first kappa shape index (κ1) is 21.2. The van der Waals surface area contributed by atoms with Crippen molar-refractivity contribution in [3.63, 3.8) is 0 Å². The molecule has 1 saturated heterocycles. The minimum absolute atomic E-state index is 0.179. The Morgan fingerprint density at radius 1 is 0.882 bits per heavy atom. The minimum Gasteiger partial charge on any atom is -0.355 e. The first-order valence-electron chi connectivity index (χ1n) is 11.7. The summed E-state index contributed by atoms with van der Waals surface area (Å²) in [5, 5.41) is 4.46. The number of aromatic nitrogens is 2. The zero-order chi connectivity index (χ0) is 22.9. The number of piperidine rings is 1. The van der Waals surface area contributed by atoms with Crippen molar-refractivity contribution in [1.29, 1.82) is 0 Å². The van der Waals surface area contributed by atoms with Gasteiger partial charge in [0.15, 0.2) is 0 Å². The largest absolute Gasteiger partial charge is 0.355 e. The van der Waals surface area contributed by atoms with Gasteiger partial charge in [0.05, 0.1) is 21.2 Å². The van der Waals surface area contributed by atoms with Crippen LogP contribution in [0.1, 0.15) is 24.8 Å². The second kappa shape index (κ2) is 9.12. The number of hydrogen-bond acceptors (Lipinski definition) is 5. The van der Waals surface area contributed by atoms with Gasteiger partial charge in [-0.1, -0.05) is 24.6 Å². The lowest BCUT2D eigenvalue weighted by Crippen LogP contribution is -2.29. The zero-order valence-corrected chi connectivity index (χ0v) is 19.6. The molecule has 0 bridgehead atoms. The van der Waals surface area contributed by atoms with Crippen molar-refractivity contribution in [3.8, 4) is 11.1 Å². The van der Waals surface area contributed by atoms with Crippen LogP contribution in [0.15, 0.2) is 72.4 Å². The Labute approximate surface area is 202 Å². The fourth-order valence-corrected chi connectivity index (χ4v) is 5.44. The Kier molecular flexibility index (Phi) is 5.69. The molecule has 3 heterocycles. The number of pyridine rings is 1. The molecule has 1 fully saturated rings. The van der Waals surface area contributed by atoms with Gasteiger partial charge in [-0.15, -0.1) is 11.3 Å². The van der Waals surface area contributed by atoms with Gasteiger partial charge in [0, 0.05) is 35.1 Å². The molecule has 170 valence electrons. The van der Waals surface area contributed by atoms with Crippen molar-refractivity contribution < 1.29 is 4.39 Å². The molecule has 1 aliphatic rings. The molecule has 3 aromatic carbocycles. The average molecular weight is 469 g/mol. The third-order valence-corrected chi connectivity index (χ3v) is 7.36. The van der Waals surface area contributed by atoms with Gasteiger partial charge in [-0.25, -0.2) is 9.37 Å². The Hall–Kier alpha value is -3.35. The third kappa shape index (κ3) is 4.27. The molecule has 4 nitrogen and oxygen atoms in total. The van der Waals surface area contributed by atoms with Gasteiger partial charge in [-0.2, -0.15) is 0 Å². The smallest absolute Gasteiger partial charge is 0.131 e. The Balaban J connectivity index is 1.31. The SMILES string of the molecule is Fc1cc(CN2CCCCC2)ccc1-c1ccc2nccc(Nc3ccc4scnc4c3)c2c1. The molecule has 34 heavy (non-hydrogen) atoms. The van der Waals surface area contributed by atoms with Crippen molar-refractivity contribution in [3.05, 3.63) is 83.8 Å². The molecule has 5 aromatic rings. The molecule has 0 radical (unpaired) electrons. The van der Waals surface area contributed by atoms with E-state index in [0.717, 1.165) is 63.3 Å². The van der Waals surface area contributed by atoms with E-state index in [9.17, 15) is 0 Å². The van der Waals surface area contributed by atoms with E-state index in [1.807, 2.05) is 41.9 Å². The number of likely N-dealkylation sites (tertiary alicyclic amines) is 1. The Morgan fingerprint density at radius 3 is 2.68 bits per heavy atom. The summed E-state index contributed by atoms with van der Waals surface area (Å²) in [7, 11) is 0. The summed E-state index contributed by atoms with van der Waals surface area (Å²) in [5.74, 6) is -0.179. The molecular formula is C28H25FN4S. The number of anilines is 2. The first-order valence-corrected chi connectivity index (χ1v) is 12.6. The minimum atomic E-state index is -0.179. The van der Waals surface area contributed by atoms with Crippen LogP contribution in [0.3, 0.4) is 0 Å². The summed E-state index contributed by atoms with van der Waals surface area (Å²) in [6.45, 7) is 3.02. The van der Waals surface area contributed by atoms with Crippen LogP contribution in [-0.4, -0.2) is 28.0 Å². The molecule has 0 atom stereocenters. The molecule has 1 N–H and O–H groups in total. The maximum absolute atomic E-state index is 15.2. The van der Waals surface area contributed by atoms with Crippen LogP contribution in [0, 0.1) is 5.82 Å². The van der Waals surface area contributed by atoms with Crippen molar-refractivity contribution in [2.75, 3.05) is 18.4 Å². The summed E-state index contributed by atoms with van der Waals surface area (Å²) in [4.78, 5) is 11.3. The number of hydrogen-bond donors (Lipinski definition) is 1. The number of nitrogens with one attached hydrogen (secondary N) is 1. The van der Waals surface area contributed by atoms with Crippen LogP contribution in [0.5, 0.6) is 0 Å². The highest BCUT2D eigenvalue weighted by molar-refractivity contribution is 7.16. The summed E-state index contributed by atoms with van der Waals surface area (Å²) in [6.07, 6.45) is 5.57. The Morgan fingerprint density at radius 2 is 1.79 bits per heavy atom. The van der Waals surface area contributed by atoms with E-state index < -0.39 is 0 Å². The molecule has 0 spiro atoms. The lowest BCUT2D eigenvalue weighted by molar-refractivity contribution is 0.220.